The van der Waals surface area contributed by atoms with Crippen molar-refractivity contribution in [3.05, 3.63) is 64.2 Å². The number of benzene rings is 2. The van der Waals surface area contributed by atoms with Crippen LogP contribution >= 0.6 is 0 Å². The summed E-state index contributed by atoms with van der Waals surface area (Å²) in [4.78, 5) is 11.6. The number of rotatable bonds is 6. The minimum absolute atomic E-state index is 0.664. The van der Waals surface area contributed by atoms with Gasteiger partial charge in [-0.2, -0.15) is 5.10 Å². The first-order valence-corrected chi connectivity index (χ1v) is 8.03. The molecule has 2 aromatic rings. The van der Waals surface area contributed by atoms with Gasteiger partial charge in [-0.15, -0.1) is 0 Å². The lowest BCUT2D eigenvalue weighted by Crippen LogP contribution is -2.15. The van der Waals surface area contributed by atoms with Crippen molar-refractivity contribution in [2.24, 2.45) is 5.10 Å². The van der Waals surface area contributed by atoms with Crippen molar-refractivity contribution < 1.29 is 4.79 Å². The fraction of sp³-hybridized carbons (Fsp3) is 0.300. The minimum Gasteiger partial charge on any atom is -0.388 e. The van der Waals surface area contributed by atoms with E-state index in [4.69, 9.17) is 0 Å². The fourth-order valence-electron chi connectivity index (χ4n) is 2.64. The topological polar surface area (TPSA) is 44.7 Å². The van der Waals surface area contributed by atoms with Crippen LogP contribution in [0.4, 0.5) is 5.69 Å². The lowest BCUT2D eigenvalue weighted by Gasteiger charge is -2.15. The van der Waals surface area contributed by atoms with Crippen molar-refractivity contribution in [3.63, 3.8) is 0 Å². The van der Waals surface area contributed by atoms with E-state index in [9.17, 15) is 4.79 Å². The second-order valence-corrected chi connectivity index (χ2v) is 6.16. The van der Waals surface area contributed by atoms with Gasteiger partial charge in [0.1, 0.15) is 0 Å². The highest BCUT2D eigenvalue weighted by molar-refractivity contribution is 6.07. The molecule has 0 aromatic heterocycles. The maximum absolute atomic E-state index is 11.6. The molecule has 2 rings (SSSR count). The molecule has 0 aliphatic heterocycles. The Labute approximate surface area is 144 Å². The molecule has 2 aromatic carbocycles. The van der Waals surface area contributed by atoms with Crippen LogP contribution in [0, 0.1) is 13.8 Å². The Kier molecular flexibility index (Phi) is 5.74. The van der Waals surface area contributed by atoms with Crippen LogP contribution in [0.5, 0.6) is 0 Å². The van der Waals surface area contributed by atoms with Crippen LogP contribution in [0.2, 0.25) is 0 Å². The summed E-state index contributed by atoms with van der Waals surface area (Å²) in [7, 11) is 5.69. The Hall–Kier alpha value is -2.62. The van der Waals surface area contributed by atoms with Crippen molar-refractivity contribution in [3.8, 4) is 0 Å². The largest absolute Gasteiger partial charge is 0.388 e. The number of hydrazone groups is 1. The molecule has 0 saturated heterocycles. The SMILES string of the molecule is CNc1cccc(C/C(=N/N(C)C)c2cc(C)c(C)cc2C=O)c1. The monoisotopic (exact) mass is 323 g/mol. The third-order valence-electron chi connectivity index (χ3n) is 4.01. The van der Waals surface area contributed by atoms with E-state index in [1.807, 2.05) is 46.3 Å². The van der Waals surface area contributed by atoms with E-state index < -0.39 is 0 Å². The zero-order valence-electron chi connectivity index (χ0n) is 15.1. The molecule has 0 heterocycles. The van der Waals surface area contributed by atoms with Gasteiger partial charge in [-0.25, -0.2) is 0 Å². The quantitative estimate of drug-likeness (QED) is 0.501. The van der Waals surface area contributed by atoms with Crippen molar-refractivity contribution in [1.82, 2.24) is 5.01 Å². The number of aldehydes is 1. The molecule has 0 bridgehead atoms. The summed E-state index contributed by atoms with van der Waals surface area (Å²) in [5, 5.41) is 9.58. The molecule has 24 heavy (non-hydrogen) atoms. The zero-order valence-corrected chi connectivity index (χ0v) is 15.1. The number of carbonyl (C=O) groups excluding carboxylic acids is 1. The average Bonchev–Trinajstić information content (AvgIpc) is 2.56. The van der Waals surface area contributed by atoms with Gasteiger partial charge in [0.15, 0.2) is 6.29 Å². The van der Waals surface area contributed by atoms with Crippen LogP contribution < -0.4 is 5.32 Å². The Bertz CT molecular complexity index is 763. The summed E-state index contributed by atoms with van der Waals surface area (Å²) in [6, 6.07) is 12.2. The molecule has 0 radical (unpaired) electrons. The highest BCUT2D eigenvalue weighted by Crippen LogP contribution is 2.19. The first-order valence-electron chi connectivity index (χ1n) is 8.03. The van der Waals surface area contributed by atoms with E-state index in [0.29, 0.717) is 12.0 Å². The van der Waals surface area contributed by atoms with Crippen LogP contribution in [-0.2, 0) is 6.42 Å². The Morgan fingerprint density at radius 1 is 1.17 bits per heavy atom. The van der Waals surface area contributed by atoms with Gasteiger partial charge in [0.2, 0.25) is 0 Å². The molecule has 0 spiro atoms. The van der Waals surface area contributed by atoms with Gasteiger partial charge in [-0.3, -0.25) is 4.79 Å². The molecular formula is C20H25N3O. The van der Waals surface area contributed by atoms with Gasteiger partial charge < -0.3 is 10.3 Å². The number of nitrogens with one attached hydrogen (secondary N) is 1. The number of anilines is 1. The molecule has 0 unspecified atom stereocenters. The lowest BCUT2D eigenvalue weighted by atomic mass is 9.94. The summed E-state index contributed by atoms with van der Waals surface area (Å²) in [5.41, 5.74) is 6.96. The second-order valence-electron chi connectivity index (χ2n) is 6.16. The van der Waals surface area contributed by atoms with Crippen LogP contribution in [0.1, 0.15) is 32.6 Å². The first kappa shape index (κ1) is 17.7. The molecule has 4 heteroatoms. The van der Waals surface area contributed by atoms with Gasteiger partial charge in [0.05, 0.1) is 5.71 Å². The van der Waals surface area contributed by atoms with E-state index in [2.05, 4.69) is 35.5 Å². The lowest BCUT2D eigenvalue weighted by molar-refractivity contribution is 0.112. The third kappa shape index (κ3) is 4.22. The molecule has 4 nitrogen and oxygen atoms in total. The number of nitrogens with zero attached hydrogens (tertiary/aromatic N) is 2. The third-order valence-corrected chi connectivity index (χ3v) is 4.01. The van der Waals surface area contributed by atoms with E-state index in [1.54, 1.807) is 5.01 Å². The highest BCUT2D eigenvalue weighted by Gasteiger charge is 2.13. The zero-order chi connectivity index (χ0) is 17.7. The van der Waals surface area contributed by atoms with Gasteiger partial charge in [0.25, 0.3) is 0 Å². The average molecular weight is 323 g/mol. The summed E-state index contributed by atoms with van der Waals surface area (Å²) >= 11 is 0. The van der Waals surface area contributed by atoms with Crippen LogP contribution in [0.15, 0.2) is 41.5 Å². The predicted molar refractivity (Wildman–Crippen MR) is 101 cm³/mol. The molecule has 1 N–H and O–H groups in total. The molecule has 0 aliphatic carbocycles. The smallest absolute Gasteiger partial charge is 0.150 e. The summed E-state index contributed by atoms with van der Waals surface area (Å²) in [6.07, 6.45) is 1.58. The molecule has 0 aliphatic rings. The van der Waals surface area contributed by atoms with Crippen LogP contribution in [-0.4, -0.2) is 38.1 Å². The van der Waals surface area contributed by atoms with Gasteiger partial charge >= 0.3 is 0 Å². The van der Waals surface area contributed by atoms with Crippen LogP contribution in [0.3, 0.4) is 0 Å². The van der Waals surface area contributed by atoms with E-state index in [0.717, 1.165) is 39.9 Å². The number of aryl methyl sites for hydroxylation is 2. The van der Waals surface area contributed by atoms with Gasteiger partial charge in [0, 0.05) is 44.4 Å². The molecule has 0 saturated carbocycles. The van der Waals surface area contributed by atoms with Crippen molar-refractivity contribution >= 4 is 17.7 Å². The highest BCUT2D eigenvalue weighted by atomic mass is 16.1. The Morgan fingerprint density at radius 2 is 1.88 bits per heavy atom. The van der Waals surface area contributed by atoms with Crippen molar-refractivity contribution in [2.45, 2.75) is 20.3 Å². The predicted octanol–water partition coefficient (Wildman–Crippen LogP) is 3.67. The number of hydrogen-bond acceptors (Lipinski definition) is 4. The van der Waals surface area contributed by atoms with Crippen LogP contribution in [0.25, 0.3) is 0 Å². The summed E-state index contributed by atoms with van der Waals surface area (Å²) < 4.78 is 0. The normalized spacial score (nSPS) is 11.3. The van der Waals surface area contributed by atoms with Crippen molar-refractivity contribution in [2.75, 3.05) is 26.5 Å². The van der Waals surface area contributed by atoms with Gasteiger partial charge in [-0.1, -0.05) is 12.1 Å². The standard InChI is InChI=1S/C20H25N3O/c1-14-9-17(13-24)19(10-15(14)2)20(22-23(4)5)12-16-7-6-8-18(11-16)21-3/h6-11,13,21H,12H2,1-5H3/b22-20-. The summed E-state index contributed by atoms with van der Waals surface area (Å²) in [5.74, 6) is 0. The molecule has 0 fully saturated rings. The molecule has 0 atom stereocenters. The van der Waals surface area contributed by atoms with Gasteiger partial charge in [-0.05, 0) is 54.8 Å². The Morgan fingerprint density at radius 3 is 2.50 bits per heavy atom. The maximum atomic E-state index is 11.6. The van der Waals surface area contributed by atoms with E-state index in [1.165, 1.54) is 0 Å². The molecule has 126 valence electrons. The van der Waals surface area contributed by atoms with E-state index >= 15 is 0 Å². The maximum Gasteiger partial charge on any atom is 0.150 e. The fourth-order valence-corrected chi connectivity index (χ4v) is 2.64. The Balaban J connectivity index is 2.50. The first-order chi connectivity index (χ1) is 11.4. The number of hydrogen-bond donors (Lipinski definition) is 1. The summed E-state index contributed by atoms with van der Waals surface area (Å²) in [6.45, 7) is 4.08. The van der Waals surface area contributed by atoms with Crippen molar-refractivity contribution in [1.29, 1.82) is 0 Å². The van der Waals surface area contributed by atoms with E-state index in [-0.39, 0.29) is 0 Å². The minimum atomic E-state index is 0.664. The number of carbonyl (C=O) groups is 1. The molecular weight excluding hydrogens is 298 g/mol. The second kappa shape index (κ2) is 7.77. The molecule has 0 amide bonds.